The molecule has 2 atom stereocenters. The van der Waals surface area contributed by atoms with E-state index in [2.05, 4.69) is 32.6 Å². The number of carbonyl (C=O) groups excluding carboxylic acids is 3. The lowest BCUT2D eigenvalue weighted by atomic mass is 9.78. The van der Waals surface area contributed by atoms with Gasteiger partial charge in [-0.2, -0.15) is 5.26 Å². The Morgan fingerprint density at radius 3 is 2.73 bits per heavy atom. The van der Waals surface area contributed by atoms with Crippen molar-refractivity contribution in [2.75, 3.05) is 18.2 Å². The standard InChI is InChI=1S/C22H16BrClFN3O4S/c1-32-22(31)19-18(11-3-2-4-12(23)7-11)14(9-26)21(28-20(19)30)33-10-17(29)27-13-5-6-16(25)15(24)8-13/h2-8,18-19H,10H2,1H3,(H,27,29)(H,28,30)/t18-,19-/m0/s1. The third-order valence-electron chi connectivity index (χ3n) is 4.74. The van der Waals surface area contributed by atoms with Crippen LogP contribution in [0.2, 0.25) is 5.02 Å². The van der Waals surface area contributed by atoms with Crippen LogP contribution in [0.1, 0.15) is 11.5 Å². The summed E-state index contributed by atoms with van der Waals surface area (Å²) in [7, 11) is 1.17. The number of halogens is 3. The van der Waals surface area contributed by atoms with Gasteiger partial charge in [-0.25, -0.2) is 4.39 Å². The summed E-state index contributed by atoms with van der Waals surface area (Å²) in [6.45, 7) is 0. The largest absolute Gasteiger partial charge is 0.468 e. The number of hydrogen-bond donors (Lipinski definition) is 2. The third kappa shape index (κ3) is 5.74. The van der Waals surface area contributed by atoms with Crippen molar-refractivity contribution >= 4 is 62.8 Å². The van der Waals surface area contributed by atoms with Crippen molar-refractivity contribution in [2.45, 2.75) is 5.92 Å². The summed E-state index contributed by atoms with van der Waals surface area (Å²) in [6, 6.07) is 12.7. The van der Waals surface area contributed by atoms with E-state index in [1.54, 1.807) is 24.3 Å². The average Bonchev–Trinajstić information content (AvgIpc) is 2.79. The summed E-state index contributed by atoms with van der Waals surface area (Å²) in [4.78, 5) is 37.6. The van der Waals surface area contributed by atoms with E-state index in [9.17, 15) is 24.0 Å². The summed E-state index contributed by atoms with van der Waals surface area (Å²) >= 11 is 10.0. The first-order valence-electron chi connectivity index (χ1n) is 9.41. The molecule has 170 valence electrons. The first-order valence-corrected chi connectivity index (χ1v) is 11.6. The SMILES string of the molecule is COC(=O)[C@@H]1C(=O)NC(SCC(=O)Nc2ccc(F)c(Cl)c2)=C(C#N)[C@@H]1c1cccc(Br)c1. The molecule has 2 aromatic rings. The summed E-state index contributed by atoms with van der Waals surface area (Å²) in [5.74, 6) is -4.82. The van der Waals surface area contributed by atoms with Gasteiger partial charge in [-0.15, -0.1) is 0 Å². The van der Waals surface area contributed by atoms with Gasteiger partial charge in [0.1, 0.15) is 11.7 Å². The van der Waals surface area contributed by atoms with Crippen molar-refractivity contribution in [3.8, 4) is 6.07 Å². The Morgan fingerprint density at radius 2 is 2.09 bits per heavy atom. The zero-order chi connectivity index (χ0) is 24.1. The predicted octanol–water partition coefficient (Wildman–Crippen LogP) is 4.35. The van der Waals surface area contributed by atoms with Gasteiger partial charge in [0.05, 0.1) is 34.6 Å². The molecule has 0 radical (unpaired) electrons. The summed E-state index contributed by atoms with van der Waals surface area (Å²) in [5.41, 5.74) is 0.993. The first-order chi connectivity index (χ1) is 15.7. The molecule has 0 bridgehead atoms. The normalized spacial score (nSPS) is 17.7. The molecular weight excluding hydrogens is 537 g/mol. The highest BCUT2D eigenvalue weighted by atomic mass is 79.9. The lowest BCUT2D eigenvalue weighted by molar-refractivity contribution is -0.150. The van der Waals surface area contributed by atoms with Crippen LogP contribution in [0.25, 0.3) is 0 Å². The Balaban J connectivity index is 1.88. The molecular formula is C22H16BrClFN3O4S. The predicted molar refractivity (Wildman–Crippen MR) is 126 cm³/mol. The minimum atomic E-state index is -1.27. The number of nitriles is 1. The van der Waals surface area contributed by atoms with Crippen LogP contribution in [-0.4, -0.2) is 30.6 Å². The van der Waals surface area contributed by atoms with Crippen LogP contribution in [0.4, 0.5) is 10.1 Å². The number of anilines is 1. The van der Waals surface area contributed by atoms with E-state index < -0.39 is 35.4 Å². The number of carbonyl (C=O) groups is 3. The maximum Gasteiger partial charge on any atom is 0.319 e. The van der Waals surface area contributed by atoms with Gasteiger partial charge in [-0.1, -0.05) is 51.4 Å². The third-order valence-corrected chi connectivity index (χ3v) is 6.54. The van der Waals surface area contributed by atoms with Gasteiger partial charge in [0.25, 0.3) is 0 Å². The van der Waals surface area contributed by atoms with Crippen LogP contribution in [0.15, 0.2) is 57.5 Å². The molecule has 1 heterocycles. The van der Waals surface area contributed by atoms with Gasteiger partial charge in [0.2, 0.25) is 11.8 Å². The van der Waals surface area contributed by atoms with Gasteiger partial charge in [-0.05, 0) is 35.9 Å². The van der Waals surface area contributed by atoms with Crippen LogP contribution < -0.4 is 10.6 Å². The van der Waals surface area contributed by atoms with Crippen LogP contribution in [0.5, 0.6) is 0 Å². The number of thioether (sulfide) groups is 1. The fourth-order valence-electron chi connectivity index (χ4n) is 3.29. The number of nitrogens with one attached hydrogen (secondary N) is 2. The number of allylic oxidation sites excluding steroid dienone is 1. The van der Waals surface area contributed by atoms with Gasteiger partial charge in [0.15, 0.2) is 0 Å². The van der Waals surface area contributed by atoms with Gasteiger partial charge >= 0.3 is 5.97 Å². The van der Waals surface area contributed by atoms with Gasteiger partial charge in [-0.3, -0.25) is 14.4 Å². The zero-order valence-corrected chi connectivity index (χ0v) is 20.2. The number of hydrogen-bond acceptors (Lipinski definition) is 6. The molecule has 33 heavy (non-hydrogen) atoms. The number of nitrogens with zero attached hydrogens (tertiary/aromatic N) is 1. The average molecular weight is 553 g/mol. The second kappa shape index (κ2) is 10.8. The number of methoxy groups -OCH3 is 1. The Labute approximate surface area is 206 Å². The lowest BCUT2D eigenvalue weighted by Gasteiger charge is -2.31. The van der Waals surface area contributed by atoms with E-state index in [1.165, 1.54) is 19.2 Å². The molecule has 0 saturated heterocycles. The molecule has 0 aliphatic carbocycles. The maximum atomic E-state index is 13.3. The van der Waals surface area contributed by atoms with Crippen molar-refractivity contribution < 1.29 is 23.5 Å². The molecule has 11 heteroatoms. The molecule has 1 aliphatic rings. The van der Waals surface area contributed by atoms with Gasteiger partial charge < -0.3 is 15.4 Å². The minimum Gasteiger partial charge on any atom is -0.468 e. The second-order valence-electron chi connectivity index (χ2n) is 6.84. The van der Waals surface area contributed by atoms with E-state index >= 15 is 0 Å². The molecule has 2 N–H and O–H groups in total. The smallest absolute Gasteiger partial charge is 0.319 e. The van der Waals surface area contributed by atoms with Crippen molar-refractivity contribution in [1.82, 2.24) is 5.32 Å². The van der Waals surface area contributed by atoms with E-state index in [4.69, 9.17) is 16.3 Å². The fraction of sp³-hybridized carbons (Fsp3) is 0.182. The fourth-order valence-corrected chi connectivity index (χ4v) is 4.73. The summed E-state index contributed by atoms with van der Waals surface area (Å²) < 4.78 is 18.8. The number of esters is 1. The molecule has 7 nitrogen and oxygen atoms in total. The Hall–Kier alpha value is -2.87. The quantitative estimate of drug-likeness (QED) is 0.407. The molecule has 2 aromatic carbocycles. The monoisotopic (exact) mass is 551 g/mol. The molecule has 0 saturated carbocycles. The number of benzene rings is 2. The van der Waals surface area contributed by atoms with Gasteiger partial charge in [0, 0.05) is 16.1 Å². The molecule has 2 amide bonds. The van der Waals surface area contributed by atoms with E-state index in [0.717, 1.165) is 17.8 Å². The number of rotatable bonds is 6. The molecule has 0 aromatic heterocycles. The zero-order valence-electron chi connectivity index (χ0n) is 17.0. The van der Waals surface area contributed by atoms with Crippen molar-refractivity contribution in [1.29, 1.82) is 5.26 Å². The van der Waals surface area contributed by atoms with Crippen molar-refractivity contribution in [3.05, 3.63) is 73.9 Å². The van der Waals surface area contributed by atoms with Crippen LogP contribution in [-0.2, 0) is 19.1 Å². The van der Waals surface area contributed by atoms with Crippen molar-refractivity contribution in [3.63, 3.8) is 0 Å². The molecule has 3 rings (SSSR count). The van der Waals surface area contributed by atoms with Crippen LogP contribution in [0.3, 0.4) is 0 Å². The Morgan fingerprint density at radius 1 is 1.33 bits per heavy atom. The van der Waals surface area contributed by atoms with E-state index in [0.29, 0.717) is 15.7 Å². The minimum absolute atomic E-state index is 0.130. The van der Waals surface area contributed by atoms with Crippen LogP contribution >= 0.6 is 39.3 Å². The maximum absolute atomic E-state index is 13.3. The first kappa shape index (κ1) is 24.8. The lowest BCUT2D eigenvalue weighted by Crippen LogP contribution is -2.44. The summed E-state index contributed by atoms with van der Waals surface area (Å²) in [5, 5.41) is 15.0. The van der Waals surface area contributed by atoms with Crippen molar-refractivity contribution in [2.24, 2.45) is 5.92 Å². The Kier molecular flexibility index (Phi) is 8.13. The van der Waals surface area contributed by atoms with Crippen LogP contribution in [0, 0.1) is 23.1 Å². The highest BCUT2D eigenvalue weighted by molar-refractivity contribution is 9.10. The van der Waals surface area contributed by atoms with E-state index in [-0.39, 0.29) is 21.4 Å². The molecule has 0 fully saturated rings. The molecule has 1 aliphatic heterocycles. The highest BCUT2D eigenvalue weighted by Gasteiger charge is 2.44. The topological polar surface area (TPSA) is 108 Å². The molecule has 0 unspecified atom stereocenters. The summed E-state index contributed by atoms with van der Waals surface area (Å²) in [6.07, 6.45) is 0. The molecule has 0 spiro atoms. The van der Waals surface area contributed by atoms with E-state index in [1.807, 2.05) is 0 Å². The Bertz CT molecular complexity index is 1200. The number of amides is 2. The highest BCUT2D eigenvalue weighted by Crippen LogP contribution is 2.40. The number of ether oxygens (including phenoxy) is 1. The second-order valence-corrected chi connectivity index (χ2v) is 9.15.